The summed E-state index contributed by atoms with van der Waals surface area (Å²) in [4.78, 5) is 39.4. The summed E-state index contributed by atoms with van der Waals surface area (Å²) >= 11 is 1.07. The van der Waals surface area contributed by atoms with Crippen LogP contribution >= 0.6 is 11.3 Å². The van der Waals surface area contributed by atoms with Crippen molar-refractivity contribution in [2.75, 3.05) is 17.7 Å². The van der Waals surface area contributed by atoms with Crippen molar-refractivity contribution in [3.8, 4) is 5.75 Å². The average Bonchev–Trinajstić information content (AvgIpc) is 3.17. The number of benzene rings is 2. The molecule has 3 aromatic rings. The van der Waals surface area contributed by atoms with Gasteiger partial charge in [-0.25, -0.2) is 4.98 Å². The standard InChI is InChI=1S/C19H16N4O5S/c1-11-3-8-14(16(9-11)23(26)27)20-18(25)15-10-29-19(21-15)22-17(24)12-4-6-13(28-2)7-5-12/h3-10H,1-2H3,(H,20,25)(H,21,22,24). The number of nitro benzene ring substituents is 1. The number of ether oxygens (including phenoxy) is 1. The van der Waals surface area contributed by atoms with E-state index in [-0.39, 0.29) is 28.1 Å². The van der Waals surface area contributed by atoms with Gasteiger partial charge in [0.1, 0.15) is 17.1 Å². The molecule has 1 aromatic heterocycles. The third-order valence-corrected chi connectivity index (χ3v) is 4.67. The second-order valence-corrected chi connectivity index (χ2v) is 6.81. The molecule has 2 N–H and O–H groups in total. The number of nitrogens with one attached hydrogen (secondary N) is 2. The number of carbonyl (C=O) groups is 2. The zero-order chi connectivity index (χ0) is 21.0. The number of nitrogens with zero attached hydrogens (tertiary/aromatic N) is 2. The van der Waals surface area contributed by atoms with E-state index in [2.05, 4.69) is 15.6 Å². The molecule has 0 saturated carbocycles. The molecule has 3 rings (SSSR count). The zero-order valence-electron chi connectivity index (χ0n) is 15.5. The molecule has 0 bridgehead atoms. The van der Waals surface area contributed by atoms with Gasteiger partial charge in [0.2, 0.25) is 0 Å². The molecule has 0 aliphatic carbocycles. The fraction of sp³-hybridized carbons (Fsp3) is 0.105. The molecule has 0 saturated heterocycles. The first-order valence-corrected chi connectivity index (χ1v) is 9.22. The summed E-state index contributed by atoms with van der Waals surface area (Å²) in [6.07, 6.45) is 0. The third-order valence-electron chi connectivity index (χ3n) is 3.91. The Hall–Kier alpha value is -3.79. The summed E-state index contributed by atoms with van der Waals surface area (Å²) in [5.41, 5.74) is 1.01. The number of aromatic nitrogens is 1. The number of nitro groups is 1. The summed E-state index contributed by atoms with van der Waals surface area (Å²) < 4.78 is 5.05. The van der Waals surface area contributed by atoms with Crippen LogP contribution in [0.2, 0.25) is 0 Å². The van der Waals surface area contributed by atoms with Crippen LogP contribution in [-0.4, -0.2) is 28.8 Å². The molecule has 0 aliphatic heterocycles. The Balaban J connectivity index is 1.70. The van der Waals surface area contributed by atoms with Gasteiger partial charge in [0.25, 0.3) is 17.5 Å². The van der Waals surface area contributed by atoms with E-state index in [1.807, 2.05) is 0 Å². The number of hydrogen-bond donors (Lipinski definition) is 2. The normalized spacial score (nSPS) is 10.3. The summed E-state index contributed by atoms with van der Waals surface area (Å²) in [5, 5.41) is 18.0. The Kier molecular flexibility index (Phi) is 5.84. The second-order valence-electron chi connectivity index (χ2n) is 5.95. The largest absolute Gasteiger partial charge is 0.497 e. The van der Waals surface area contributed by atoms with E-state index in [1.165, 1.54) is 24.6 Å². The summed E-state index contributed by atoms with van der Waals surface area (Å²) in [6, 6.07) is 11.0. The van der Waals surface area contributed by atoms with Crippen molar-refractivity contribution < 1.29 is 19.2 Å². The molecule has 29 heavy (non-hydrogen) atoms. The van der Waals surface area contributed by atoms with Gasteiger partial charge < -0.3 is 10.1 Å². The first-order valence-electron chi connectivity index (χ1n) is 8.34. The fourth-order valence-electron chi connectivity index (χ4n) is 2.43. The van der Waals surface area contributed by atoms with Crippen LogP contribution < -0.4 is 15.4 Å². The van der Waals surface area contributed by atoms with Crippen LogP contribution in [0.3, 0.4) is 0 Å². The maximum Gasteiger partial charge on any atom is 0.293 e. The molecule has 0 atom stereocenters. The number of carbonyl (C=O) groups excluding carboxylic acids is 2. The summed E-state index contributed by atoms with van der Waals surface area (Å²) in [5.74, 6) is -0.374. The Morgan fingerprint density at radius 3 is 2.48 bits per heavy atom. The van der Waals surface area contributed by atoms with Crippen molar-refractivity contribution in [1.29, 1.82) is 0 Å². The third kappa shape index (κ3) is 4.74. The number of rotatable bonds is 6. The molecular formula is C19H16N4O5S. The van der Waals surface area contributed by atoms with Gasteiger partial charge in [-0.2, -0.15) is 0 Å². The maximum atomic E-state index is 12.4. The van der Waals surface area contributed by atoms with Crippen LogP contribution in [0.5, 0.6) is 5.75 Å². The molecule has 0 radical (unpaired) electrons. The minimum Gasteiger partial charge on any atom is -0.497 e. The number of thiazole rings is 1. The van der Waals surface area contributed by atoms with Crippen molar-refractivity contribution in [2.45, 2.75) is 6.92 Å². The highest BCUT2D eigenvalue weighted by atomic mass is 32.1. The molecule has 0 spiro atoms. The van der Waals surface area contributed by atoms with Crippen molar-refractivity contribution >= 4 is 39.7 Å². The number of amides is 2. The topological polar surface area (TPSA) is 123 Å². The van der Waals surface area contributed by atoms with Crippen LogP contribution in [0, 0.1) is 17.0 Å². The Morgan fingerprint density at radius 1 is 1.10 bits per heavy atom. The molecule has 0 unspecified atom stereocenters. The Labute approximate surface area is 169 Å². The van der Waals surface area contributed by atoms with Crippen molar-refractivity contribution in [3.05, 3.63) is 74.8 Å². The molecule has 10 heteroatoms. The number of methoxy groups -OCH3 is 1. The lowest BCUT2D eigenvalue weighted by Gasteiger charge is -2.05. The minimum atomic E-state index is -0.613. The van der Waals surface area contributed by atoms with Crippen LogP contribution in [0.1, 0.15) is 26.4 Å². The average molecular weight is 412 g/mol. The van der Waals surface area contributed by atoms with Gasteiger partial charge in [-0.05, 0) is 42.8 Å². The van der Waals surface area contributed by atoms with Crippen LogP contribution in [0.15, 0.2) is 47.8 Å². The summed E-state index contributed by atoms with van der Waals surface area (Å²) in [6.45, 7) is 1.72. The number of aryl methyl sites for hydroxylation is 1. The van der Waals surface area contributed by atoms with Crippen molar-refractivity contribution in [3.63, 3.8) is 0 Å². The minimum absolute atomic E-state index is 0.0369. The monoisotopic (exact) mass is 412 g/mol. The zero-order valence-corrected chi connectivity index (χ0v) is 16.3. The van der Waals surface area contributed by atoms with Gasteiger partial charge in [0.05, 0.1) is 12.0 Å². The van der Waals surface area contributed by atoms with E-state index in [4.69, 9.17) is 4.74 Å². The van der Waals surface area contributed by atoms with E-state index in [0.717, 1.165) is 11.3 Å². The Morgan fingerprint density at radius 2 is 1.83 bits per heavy atom. The maximum absolute atomic E-state index is 12.4. The lowest BCUT2D eigenvalue weighted by molar-refractivity contribution is -0.384. The quantitative estimate of drug-likeness (QED) is 0.468. The highest BCUT2D eigenvalue weighted by Gasteiger charge is 2.19. The van der Waals surface area contributed by atoms with Crippen LogP contribution in [0.25, 0.3) is 0 Å². The molecular weight excluding hydrogens is 396 g/mol. The highest BCUT2D eigenvalue weighted by molar-refractivity contribution is 7.14. The van der Waals surface area contributed by atoms with Gasteiger partial charge in [-0.1, -0.05) is 6.07 Å². The van der Waals surface area contributed by atoms with E-state index >= 15 is 0 Å². The Bertz CT molecular complexity index is 1080. The van der Waals surface area contributed by atoms with Crippen molar-refractivity contribution in [1.82, 2.24) is 4.98 Å². The smallest absolute Gasteiger partial charge is 0.293 e. The molecule has 148 valence electrons. The molecule has 2 amide bonds. The van der Waals surface area contributed by atoms with Gasteiger partial charge in [-0.15, -0.1) is 11.3 Å². The highest BCUT2D eigenvalue weighted by Crippen LogP contribution is 2.26. The first-order chi connectivity index (χ1) is 13.9. The first kappa shape index (κ1) is 20.0. The fourth-order valence-corrected chi connectivity index (χ4v) is 3.12. The van der Waals surface area contributed by atoms with Gasteiger partial charge in [0.15, 0.2) is 5.13 Å². The molecule has 1 heterocycles. The van der Waals surface area contributed by atoms with Gasteiger partial charge >= 0.3 is 0 Å². The van der Waals surface area contributed by atoms with Gasteiger partial charge in [0, 0.05) is 17.0 Å². The second kappa shape index (κ2) is 8.48. The molecule has 9 nitrogen and oxygen atoms in total. The predicted molar refractivity (Wildman–Crippen MR) is 109 cm³/mol. The van der Waals surface area contributed by atoms with E-state index < -0.39 is 10.8 Å². The number of hydrogen-bond acceptors (Lipinski definition) is 7. The summed E-state index contributed by atoms with van der Waals surface area (Å²) in [7, 11) is 1.53. The van der Waals surface area contributed by atoms with E-state index in [0.29, 0.717) is 16.9 Å². The van der Waals surface area contributed by atoms with Gasteiger partial charge in [-0.3, -0.25) is 25.0 Å². The SMILES string of the molecule is COc1ccc(C(=O)Nc2nc(C(=O)Nc3ccc(C)cc3[N+](=O)[O-])cs2)cc1. The van der Waals surface area contributed by atoms with E-state index in [1.54, 1.807) is 37.3 Å². The van der Waals surface area contributed by atoms with Crippen molar-refractivity contribution in [2.24, 2.45) is 0 Å². The van der Waals surface area contributed by atoms with Crippen LogP contribution in [-0.2, 0) is 0 Å². The lowest BCUT2D eigenvalue weighted by atomic mass is 10.2. The molecule has 2 aromatic carbocycles. The predicted octanol–water partition coefficient (Wildman–Crippen LogP) is 3.87. The molecule has 0 aliphatic rings. The molecule has 0 fully saturated rings. The lowest BCUT2D eigenvalue weighted by Crippen LogP contribution is -2.15. The van der Waals surface area contributed by atoms with Crippen LogP contribution in [0.4, 0.5) is 16.5 Å². The van der Waals surface area contributed by atoms with E-state index in [9.17, 15) is 19.7 Å². The number of anilines is 2.